The fourth-order valence-electron chi connectivity index (χ4n) is 1.23. The van der Waals surface area contributed by atoms with Crippen LogP contribution < -0.4 is 5.32 Å². The first kappa shape index (κ1) is 15.9. The fraction of sp³-hybridized carbons (Fsp3) is 0.818. The van der Waals surface area contributed by atoms with Gasteiger partial charge in [-0.2, -0.15) is 0 Å². The number of amides is 1. The highest BCUT2D eigenvalue weighted by molar-refractivity contribution is 5.76. The quantitative estimate of drug-likeness (QED) is 0.546. The molecule has 1 unspecified atom stereocenters. The molecule has 6 nitrogen and oxygen atoms in total. The second kappa shape index (κ2) is 10.0. The van der Waals surface area contributed by atoms with Gasteiger partial charge in [0.05, 0.1) is 12.5 Å². The average Bonchev–Trinajstić information content (AvgIpc) is 2.29. The van der Waals surface area contributed by atoms with Crippen molar-refractivity contribution >= 4 is 11.9 Å². The minimum Gasteiger partial charge on any atom is -0.481 e. The van der Waals surface area contributed by atoms with Crippen LogP contribution >= 0.6 is 0 Å². The van der Waals surface area contributed by atoms with Gasteiger partial charge in [-0.05, 0) is 13.3 Å². The van der Waals surface area contributed by atoms with E-state index in [4.69, 9.17) is 14.6 Å². The van der Waals surface area contributed by atoms with Gasteiger partial charge in [0.1, 0.15) is 0 Å². The Balaban J connectivity index is 3.62. The van der Waals surface area contributed by atoms with E-state index in [0.717, 1.165) is 0 Å². The molecule has 100 valence electrons. The van der Waals surface area contributed by atoms with Crippen LogP contribution in [0.4, 0.5) is 0 Å². The molecule has 1 atom stereocenters. The molecule has 1 amide bonds. The number of carboxylic acid groups (broad SMARTS) is 1. The zero-order valence-corrected chi connectivity index (χ0v) is 10.4. The summed E-state index contributed by atoms with van der Waals surface area (Å²) in [4.78, 5) is 21.8. The Morgan fingerprint density at radius 2 is 2.12 bits per heavy atom. The maximum absolute atomic E-state index is 11.3. The van der Waals surface area contributed by atoms with Crippen molar-refractivity contribution in [1.29, 1.82) is 0 Å². The third-order valence-electron chi connectivity index (χ3n) is 2.16. The van der Waals surface area contributed by atoms with E-state index in [2.05, 4.69) is 5.32 Å². The molecule has 0 aromatic heterocycles. The lowest BCUT2D eigenvalue weighted by Crippen LogP contribution is -2.34. The zero-order valence-electron chi connectivity index (χ0n) is 10.4. The molecule has 0 aliphatic rings. The second-order valence-corrected chi connectivity index (χ2v) is 3.56. The van der Waals surface area contributed by atoms with Crippen molar-refractivity contribution < 1.29 is 24.2 Å². The Morgan fingerprint density at radius 3 is 2.65 bits per heavy atom. The number of rotatable bonds is 10. The van der Waals surface area contributed by atoms with E-state index in [0.29, 0.717) is 26.1 Å². The number of hydrogen-bond donors (Lipinski definition) is 2. The first-order chi connectivity index (χ1) is 8.10. The predicted molar refractivity (Wildman–Crippen MR) is 61.8 cm³/mol. The number of hydrogen-bond acceptors (Lipinski definition) is 4. The number of aliphatic carboxylic acids is 1. The summed E-state index contributed by atoms with van der Waals surface area (Å²) in [5, 5.41) is 11.2. The van der Waals surface area contributed by atoms with Crippen molar-refractivity contribution in [3.8, 4) is 0 Å². The Hall–Kier alpha value is -1.14. The molecule has 0 aliphatic carbocycles. The molecule has 0 fully saturated rings. The van der Waals surface area contributed by atoms with E-state index in [1.807, 2.05) is 6.92 Å². The summed E-state index contributed by atoms with van der Waals surface area (Å²) >= 11 is 0. The molecule has 0 rings (SSSR count). The summed E-state index contributed by atoms with van der Waals surface area (Å²) in [7, 11) is 1.43. The highest BCUT2D eigenvalue weighted by atomic mass is 16.5. The Kier molecular flexibility index (Phi) is 9.37. The molecule has 0 aromatic rings. The average molecular weight is 247 g/mol. The van der Waals surface area contributed by atoms with Gasteiger partial charge >= 0.3 is 5.97 Å². The molecule has 2 N–H and O–H groups in total. The molecule has 17 heavy (non-hydrogen) atoms. The molecule has 0 spiro atoms. The highest BCUT2D eigenvalue weighted by Gasteiger charge is 2.13. The van der Waals surface area contributed by atoms with Gasteiger partial charge in [-0.25, -0.2) is 0 Å². The number of ether oxygens (including phenoxy) is 2. The monoisotopic (exact) mass is 247 g/mol. The van der Waals surface area contributed by atoms with Gasteiger partial charge in [0.15, 0.2) is 0 Å². The van der Waals surface area contributed by atoms with Gasteiger partial charge < -0.3 is 19.9 Å². The van der Waals surface area contributed by atoms with Gasteiger partial charge in [-0.15, -0.1) is 0 Å². The number of carbonyl (C=O) groups is 2. The van der Waals surface area contributed by atoms with E-state index in [1.165, 1.54) is 7.11 Å². The van der Waals surface area contributed by atoms with Gasteiger partial charge in [-0.1, -0.05) is 0 Å². The highest BCUT2D eigenvalue weighted by Crippen LogP contribution is 1.96. The van der Waals surface area contributed by atoms with Crippen LogP contribution in [0.1, 0.15) is 26.2 Å². The summed E-state index contributed by atoms with van der Waals surface area (Å²) in [5.74, 6) is -1.06. The van der Waals surface area contributed by atoms with E-state index in [9.17, 15) is 9.59 Å². The molecule has 0 aromatic carbocycles. The van der Waals surface area contributed by atoms with Gasteiger partial charge in [0.2, 0.25) is 5.91 Å². The number of methoxy groups -OCH3 is 1. The summed E-state index contributed by atoms with van der Waals surface area (Å²) in [6, 6.07) is 0. The number of carboxylic acids is 1. The van der Waals surface area contributed by atoms with Crippen LogP contribution in [0.5, 0.6) is 0 Å². The van der Waals surface area contributed by atoms with Crippen molar-refractivity contribution in [2.45, 2.75) is 32.3 Å². The van der Waals surface area contributed by atoms with Crippen LogP contribution in [0, 0.1) is 0 Å². The summed E-state index contributed by atoms with van der Waals surface area (Å²) < 4.78 is 10.0. The number of carbonyl (C=O) groups excluding carboxylic acids is 1. The first-order valence-electron chi connectivity index (χ1n) is 5.69. The zero-order chi connectivity index (χ0) is 13.1. The van der Waals surface area contributed by atoms with Crippen molar-refractivity contribution in [3.05, 3.63) is 0 Å². The van der Waals surface area contributed by atoms with Crippen molar-refractivity contribution in [3.63, 3.8) is 0 Å². The molecule has 0 saturated heterocycles. The van der Waals surface area contributed by atoms with E-state index < -0.39 is 12.1 Å². The molecule has 0 radical (unpaired) electrons. The van der Waals surface area contributed by atoms with Crippen molar-refractivity contribution in [2.24, 2.45) is 0 Å². The van der Waals surface area contributed by atoms with Crippen molar-refractivity contribution in [1.82, 2.24) is 5.32 Å². The smallest absolute Gasteiger partial charge is 0.306 e. The molecule has 6 heteroatoms. The fourth-order valence-corrected chi connectivity index (χ4v) is 1.23. The molecular formula is C11H21NO5. The van der Waals surface area contributed by atoms with Crippen LogP contribution in [-0.4, -0.2) is 50.0 Å². The van der Waals surface area contributed by atoms with Crippen LogP contribution in [0.2, 0.25) is 0 Å². The lowest BCUT2D eigenvalue weighted by Gasteiger charge is -2.13. The molecule has 0 heterocycles. The lowest BCUT2D eigenvalue weighted by atomic mass is 10.2. The molecule has 0 bridgehead atoms. The van der Waals surface area contributed by atoms with E-state index in [-0.39, 0.29) is 18.9 Å². The van der Waals surface area contributed by atoms with Gasteiger partial charge in [0.25, 0.3) is 0 Å². The molecular weight excluding hydrogens is 226 g/mol. The third kappa shape index (κ3) is 9.77. The molecule has 0 aliphatic heterocycles. The standard InChI is InChI=1S/C11H21NO5/c1-3-17-6-4-5-10(13)12-8-9(16-2)7-11(14)15/h9H,3-8H2,1-2H3,(H,12,13)(H,14,15). The topological polar surface area (TPSA) is 84.9 Å². The Morgan fingerprint density at radius 1 is 1.41 bits per heavy atom. The SMILES string of the molecule is CCOCCCC(=O)NCC(CC(=O)O)OC. The predicted octanol–water partition coefficient (Wildman–Crippen LogP) is 0.409. The van der Waals surface area contributed by atoms with Crippen LogP contribution in [-0.2, 0) is 19.1 Å². The van der Waals surface area contributed by atoms with Gasteiger partial charge in [-0.3, -0.25) is 9.59 Å². The summed E-state index contributed by atoms with van der Waals surface area (Å²) in [5.41, 5.74) is 0. The van der Waals surface area contributed by atoms with E-state index >= 15 is 0 Å². The minimum atomic E-state index is -0.942. The maximum atomic E-state index is 11.3. The molecule has 0 saturated carbocycles. The first-order valence-corrected chi connectivity index (χ1v) is 5.69. The summed E-state index contributed by atoms with van der Waals surface area (Å²) in [6.45, 7) is 3.32. The van der Waals surface area contributed by atoms with Crippen LogP contribution in [0.3, 0.4) is 0 Å². The normalized spacial score (nSPS) is 12.1. The Labute approximate surface area is 101 Å². The third-order valence-corrected chi connectivity index (χ3v) is 2.16. The lowest BCUT2D eigenvalue weighted by molar-refractivity contribution is -0.140. The maximum Gasteiger partial charge on any atom is 0.306 e. The van der Waals surface area contributed by atoms with E-state index in [1.54, 1.807) is 0 Å². The van der Waals surface area contributed by atoms with Crippen molar-refractivity contribution in [2.75, 3.05) is 26.9 Å². The largest absolute Gasteiger partial charge is 0.481 e. The minimum absolute atomic E-state index is 0.114. The number of nitrogens with one attached hydrogen (secondary N) is 1. The summed E-state index contributed by atoms with van der Waals surface area (Å²) in [6.07, 6.45) is 0.443. The van der Waals surface area contributed by atoms with Crippen LogP contribution in [0.25, 0.3) is 0 Å². The second-order valence-electron chi connectivity index (χ2n) is 3.56. The van der Waals surface area contributed by atoms with Gasteiger partial charge in [0, 0.05) is 33.3 Å². The Bertz CT molecular complexity index is 232. The van der Waals surface area contributed by atoms with Crippen LogP contribution in [0.15, 0.2) is 0 Å².